The van der Waals surface area contributed by atoms with Crippen molar-refractivity contribution < 1.29 is 9.18 Å². The van der Waals surface area contributed by atoms with Crippen molar-refractivity contribution in [3.63, 3.8) is 0 Å². The van der Waals surface area contributed by atoms with Gasteiger partial charge < -0.3 is 0 Å². The molecule has 0 fully saturated rings. The third-order valence-corrected chi connectivity index (χ3v) is 2.99. The molecular formula is C17H17FO. The highest BCUT2D eigenvalue weighted by Crippen LogP contribution is 2.26. The van der Waals surface area contributed by atoms with E-state index < -0.39 is 5.41 Å². The first-order valence-electron chi connectivity index (χ1n) is 6.29. The lowest BCUT2D eigenvalue weighted by Gasteiger charge is -2.17. The second kappa shape index (κ2) is 4.96. The van der Waals surface area contributed by atoms with Gasteiger partial charge in [-0.05, 0) is 17.7 Å². The SMILES string of the molecule is CC(C)(C)C(=O)c1cccc(-c2ccccc2F)c1. The summed E-state index contributed by atoms with van der Waals surface area (Å²) in [5.41, 5.74) is 1.43. The molecule has 0 radical (unpaired) electrons. The van der Waals surface area contributed by atoms with Crippen LogP contribution in [0.5, 0.6) is 0 Å². The van der Waals surface area contributed by atoms with E-state index in [1.165, 1.54) is 6.07 Å². The zero-order chi connectivity index (χ0) is 14.0. The molecule has 0 aliphatic rings. The monoisotopic (exact) mass is 256 g/mol. The Morgan fingerprint density at radius 2 is 1.68 bits per heavy atom. The van der Waals surface area contributed by atoms with Crippen LogP contribution in [0.15, 0.2) is 48.5 Å². The van der Waals surface area contributed by atoms with Gasteiger partial charge in [-0.25, -0.2) is 4.39 Å². The Hall–Kier alpha value is -1.96. The van der Waals surface area contributed by atoms with Crippen LogP contribution < -0.4 is 0 Å². The van der Waals surface area contributed by atoms with Crippen LogP contribution in [0.3, 0.4) is 0 Å². The topological polar surface area (TPSA) is 17.1 Å². The molecule has 2 heteroatoms. The predicted octanol–water partition coefficient (Wildman–Crippen LogP) is 4.72. The van der Waals surface area contributed by atoms with Crippen LogP contribution in [0.25, 0.3) is 11.1 Å². The number of ketones is 1. The molecule has 0 aromatic heterocycles. The van der Waals surface area contributed by atoms with Crippen molar-refractivity contribution in [3.05, 3.63) is 59.9 Å². The summed E-state index contributed by atoms with van der Waals surface area (Å²) in [7, 11) is 0. The molecule has 2 aromatic rings. The number of benzene rings is 2. The lowest BCUT2D eigenvalue weighted by atomic mass is 9.85. The van der Waals surface area contributed by atoms with Crippen LogP contribution in [0.1, 0.15) is 31.1 Å². The molecular weight excluding hydrogens is 239 g/mol. The van der Waals surface area contributed by atoms with Crippen molar-refractivity contribution in [2.45, 2.75) is 20.8 Å². The zero-order valence-electron chi connectivity index (χ0n) is 11.4. The quantitative estimate of drug-likeness (QED) is 0.710. The van der Waals surface area contributed by atoms with Crippen molar-refractivity contribution in [1.29, 1.82) is 0 Å². The summed E-state index contributed by atoms with van der Waals surface area (Å²) >= 11 is 0. The second-order valence-corrected chi connectivity index (χ2v) is 5.64. The van der Waals surface area contributed by atoms with Gasteiger partial charge in [0.2, 0.25) is 0 Å². The number of carbonyl (C=O) groups excluding carboxylic acids is 1. The molecule has 0 amide bonds. The van der Waals surface area contributed by atoms with Gasteiger partial charge in [0, 0.05) is 16.5 Å². The van der Waals surface area contributed by atoms with Gasteiger partial charge in [0.25, 0.3) is 0 Å². The Bertz CT molecular complexity index is 609. The van der Waals surface area contributed by atoms with Gasteiger partial charge in [-0.3, -0.25) is 4.79 Å². The molecule has 2 aromatic carbocycles. The highest BCUT2D eigenvalue weighted by Gasteiger charge is 2.23. The van der Waals surface area contributed by atoms with Crippen molar-refractivity contribution in [2.75, 3.05) is 0 Å². The number of Topliss-reactive ketones (excluding diaryl/α,β-unsaturated/α-hetero) is 1. The molecule has 0 heterocycles. The van der Waals surface area contributed by atoms with Gasteiger partial charge in [0.1, 0.15) is 5.82 Å². The fourth-order valence-electron chi connectivity index (χ4n) is 1.96. The van der Waals surface area contributed by atoms with Crippen molar-refractivity contribution in [2.24, 2.45) is 5.41 Å². The summed E-state index contributed by atoms with van der Waals surface area (Å²) in [5.74, 6) is -0.214. The van der Waals surface area contributed by atoms with E-state index in [0.29, 0.717) is 11.1 Å². The van der Waals surface area contributed by atoms with Crippen LogP contribution in [0.4, 0.5) is 4.39 Å². The minimum atomic E-state index is -0.437. The van der Waals surface area contributed by atoms with Crippen molar-refractivity contribution in [3.8, 4) is 11.1 Å². The first-order valence-corrected chi connectivity index (χ1v) is 6.29. The molecule has 2 rings (SSSR count). The van der Waals surface area contributed by atoms with Gasteiger partial charge >= 0.3 is 0 Å². The molecule has 19 heavy (non-hydrogen) atoms. The fraction of sp³-hybridized carbons (Fsp3) is 0.235. The Balaban J connectivity index is 2.47. The van der Waals surface area contributed by atoms with Crippen LogP contribution in [-0.2, 0) is 0 Å². The largest absolute Gasteiger partial charge is 0.294 e. The van der Waals surface area contributed by atoms with E-state index in [2.05, 4.69) is 0 Å². The van der Waals surface area contributed by atoms with Crippen LogP contribution in [-0.4, -0.2) is 5.78 Å². The average molecular weight is 256 g/mol. The molecule has 98 valence electrons. The molecule has 0 aliphatic carbocycles. The molecule has 0 bridgehead atoms. The number of hydrogen-bond donors (Lipinski definition) is 0. The van der Waals surface area contributed by atoms with Gasteiger partial charge in [-0.1, -0.05) is 57.2 Å². The van der Waals surface area contributed by atoms with Gasteiger partial charge in [-0.2, -0.15) is 0 Å². The van der Waals surface area contributed by atoms with E-state index in [4.69, 9.17) is 0 Å². The summed E-state index contributed by atoms with van der Waals surface area (Å²) in [5, 5.41) is 0. The molecule has 0 saturated carbocycles. The van der Waals surface area contributed by atoms with Crippen LogP contribution >= 0.6 is 0 Å². The van der Waals surface area contributed by atoms with Crippen LogP contribution in [0, 0.1) is 11.2 Å². The number of halogens is 1. The molecule has 1 nitrogen and oxygen atoms in total. The summed E-state index contributed by atoms with van der Waals surface area (Å²) < 4.78 is 13.8. The van der Waals surface area contributed by atoms with E-state index in [-0.39, 0.29) is 11.6 Å². The average Bonchev–Trinajstić information content (AvgIpc) is 2.37. The van der Waals surface area contributed by atoms with Crippen molar-refractivity contribution in [1.82, 2.24) is 0 Å². The second-order valence-electron chi connectivity index (χ2n) is 5.64. The Morgan fingerprint density at radius 1 is 1.00 bits per heavy atom. The van der Waals surface area contributed by atoms with E-state index >= 15 is 0 Å². The lowest BCUT2D eigenvalue weighted by molar-refractivity contribution is 0.0858. The summed E-state index contributed by atoms with van der Waals surface area (Å²) in [6.07, 6.45) is 0. The summed E-state index contributed by atoms with van der Waals surface area (Å²) in [4.78, 5) is 12.2. The minimum absolute atomic E-state index is 0.0608. The molecule has 0 atom stereocenters. The molecule has 0 saturated heterocycles. The first-order chi connectivity index (χ1) is 8.89. The molecule has 0 unspecified atom stereocenters. The molecule has 0 N–H and O–H groups in total. The standard InChI is InChI=1S/C17H17FO/c1-17(2,3)16(19)13-8-6-7-12(11-13)14-9-4-5-10-15(14)18/h4-11H,1-3H3. The van der Waals surface area contributed by atoms with E-state index in [0.717, 1.165) is 5.56 Å². The Morgan fingerprint density at radius 3 is 2.32 bits per heavy atom. The minimum Gasteiger partial charge on any atom is -0.294 e. The van der Waals surface area contributed by atoms with Gasteiger partial charge in [0.05, 0.1) is 0 Å². The zero-order valence-corrected chi connectivity index (χ0v) is 11.4. The van der Waals surface area contributed by atoms with E-state index in [1.807, 2.05) is 26.8 Å². The smallest absolute Gasteiger partial charge is 0.168 e. The Kier molecular flexibility index (Phi) is 3.52. The lowest BCUT2D eigenvalue weighted by Crippen LogP contribution is -2.20. The maximum Gasteiger partial charge on any atom is 0.168 e. The summed E-state index contributed by atoms with van der Waals surface area (Å²) in [6, 6.07) is 13.7. The third kappa shape index (κ3) is 2.90. The van der Waals surface area contributed by atoms with Crippen LogP contribution in [0.2, 0.25) is 0 Å². The highest BCUT2D eigenvalue weighted by molar-refractivity contribution is 6.00. The third-order valence-electron chi connectivity index (χ3n) is 2.99. The number of rotatable bonds is 2. The highest BCUT2D eigenvalue weighted by atomic mass is 19.1. The predicted molar refractivity (Wildman–Crippen MR) is 75.6 cm³/mol. The van der Waals surface area contributed by atoms with Gasteiger partial charge in [0.15, 0.2) is 5.78 Å². The normalized spacial score (nSPS) is 11.4. The van der Waals surface area contributed by atoms with Gasteiger partial charge in [-0.15, -0.1) is 0 Å². The molecule has 0 spiro atoms. The maximum atomic E-state index is 13.8. The first kappa shape index (κ1) is 13.5. The summed E-state index contributed by atoms with van der Waals surface area (Å²) in [6.45, 7) is 5.64. The number of hydrogen-bond acceptors (Lipinski definition) is 1. The number of carbonyl (C=O) groups is 1. The van der Waals surface area contributed by atoms with E-state index in [1.54, 1.807) is 36.4 Å². The van der Waals surface area contributed by atoms with Crippen molar-refractivity contribution >= 4 is 5.78 Å². The molecule has 0 aliphatic heterocycles. The fourth-order valence-corrected chi connectivity index (χ4v) is 1.96. The van der Waals surface area contributed by atoms with E-state index in [9.17, 15) is 9.18 Å². The maximum absolute atomic E-state index is 13.8. The Labute approximate surface area is 113 Å².